The number of ether oxygens (including phenoxy) is 1. The highest BCUT2D eigenvalue weighted by Gasteiger charge is 2.41. The van der Waals surface area contributed by atoms with Gasteiger partial charge in [0.05, 0.1) is 5.69 Å². The Hall–Kier alpha value is -1.91. The summed E-state index contributed by atoms with van der Waals surface area (Å²) in [5.74, 6) is -1.88. The molecule has 0 unspecified atom stereocenters. The molecule has 1 N–H and O–H groups in total. The molecule has 0 bridgehead atoms. The lowest BCUT2D eigenvalue weighted by Gasteiger charge is -2.31. The van der Waals surface area contributed by atoms with Gasteiger partial charge in [-0.3, -0.25) is 4.79 Å². The normalized spacial score (nSPS) is 24.2. The van der Waals surface area contributed by atoms with Crippen LogP contribution in [0.1, 0.15) is 29.0 Å². The lowest BCUT2D eigenvalue weighted by molar-refractivity contribution is -0.173. The zero-order valence-corrected chi connectivity index (χ0v) is 8.01. The van der Waals surface area contributed by atoms with Crippen LogP contribution >= 0.6 is 0 Å². The SMILES string of the molecule is C[C@H]1OC(=O)[C@H]1c1cccc(C(=O)O)n1. The smallest absolute Gasteiger partial charge is 0.354 e. The molecule has 1 aliphatic heterocycles. The molecule has 1 aromatic heterocycles. The van der Waals surface area contributed by atoms with Crippen molar-refractivity contribution in [1.82, 2.24) is 4.98 Å². The van der Waals surface area contributed by atoms with Crippen molar-refractivity contribution in [3.8, 4) is 0 Å². The van der Waals surface area contributed by atoms with Crippen LogP contribution in [0.15, 0.2) is 18.2 Å². The summed E-state index contributed by atoms with van der Waals surface area (Å²) in [7, 11) is 0. The van der Waals surface area contributed by atoms with E-state index < -0.39 is 11.9 Å². The van der Waals surface area contributed by atoms with E-state index in [0.717, 1.165) is 0 Å². The van der Waals surface area contributed by atoms with Crippen molar-refractivity contribution in [2.45, 2.75) is 18.9 Å². The first-order chi connectivity index (χ1) is 7.09. The number of carbonyl (C=O) groups is 2. The zero-order valence-electron chi connectivity index (χ0n) is 8.01. The number of esters is 1. The number of hydrogen-bond acceptors (Lipinski definition) is 4. The Balaban J connectivity index is 2.32. The van der Waals surface area contributed by atoms with E-state index in [2.05, 4.69) is 4.98 Å². The number of carbonyl (C=O) groups excluding carboxylic acids is 1. The number of aromatic carboxylic acids is 1. The van der Waals surface area contributed by atoms with Crippen LogP contribution in [0.5, 0.6) is 0 Å². The van der Waals surface area contributed by atoms with Crippen LogP contribution in [0.3, 0.4) is 0 Å². The van der Waals surface area contributed by atoms with Gasteiger partial charge in [-0.05, 0) is 19.1 Å². The Bertz CT molecular complexity index is 429. The van der Waals surface area contributed by atoms with Crippen molar-refractivity contribution in [3.63, 3.8) is 0 Å². The molecule has 15 heavy (non-hydrogen) atoms. The lowest BCUT2D eigenvalue weighted by atomic mass is 9.94. The summed E-state index contributed by atoms with van der Waals surface area (Å²) in [6, 6.07) is 4.60. The number of hydrogen-bond donors (Lipinski definition) is 1. The summed E-state index contributed by atoms with van der Waals surface area (Å²) >= 11 is 0. The van der Waals surface area contributed by atoms with E-state index in [9.17, 15) is 9.59 Å². The van der Waals surface area contributed by atoms with E-state index in [1.807, 2.05) is 0 Å². The van der Waals surface area contributed by atoms with Gasteiger partial charge in [0.1, 0.15) is 17.7 Å². The van der Waals surface area contributed by atoms with E-state index in [0.29, 0.717) is 5.69 Å². The summed E-state index contributed by atoms with van der Waals surface area (Å²) in [6.07, 6.45) is -0.228. The molecule has 0 aliphatic carbocycles. The third-order valence-corrected chi connectivity index (χ3v) is 2.33. The fourth-order valence-corrected chi connectivity index (χ4v) is 1.55. The third-order valence-electron chi connectivity index (χ3n) is 2.33. The average Bonchev–Trinajstić information content (AvgIpc) is 2.17. The summed E-state index contributed by atoms with van der Waals surface area (Å²) in [5.41, 5.74) is 0.401. The molecule has 0 saturated carbocycles. The Labute approximate surface area is 85.7 Å². The molecule has 0 amide bonds. The summed E-state index contributed by atoms with van der Waals surface area (Å²) in [4.78, 5) is 25.7. The van der Waals surface area contributed by atoms with Crippen molar-refractivity contribution in [3.05, 3.63) is 29.6 Å². The molecule has 5 nitrogen and oxygen atoms in total. The Kier molecular flexibility index (Phi) is 2.15. The molecule has 2 rings (SSSR count). The Morgan fingerprint density at radius 2 is 2.27 bits per heavy atom. The first kappa shape index (κ1) is 9.64. The number of carboxylic acids is 1. The van der Waals surface area contributed by atoms with Gasteiger partial charge >= 0.3 is 11.9 Å². The number of cyclic esters (lactones) is 1. The van der Waals surface area contributed by atoms with Gasteiger partial charge in [-0.25, -0.2) is 9.78 Å². The average molecular weight is 207 g/mol. The predicted molar refractivity (Wildman–Crippen MR) is 49.5 cm³/mol. The largest absolute Gasteiger partial charge is 0.477 e. The van der Waals surface area contributed by atoms with Gasteiger partial charge in [0.25, 0.3) is 0 Å². The van der Waals surface area contributed by atoms with Gasteiger partial charge in [0.2, 0.25) is 0 Å². The lowest BCUT2D eigenvalue weighted by Crippen LogP contribution is -2.41. The summed E-state index contributed by atoms with van der Waals surface area (Å²) in [6.45, 7) is 1.75. The highest BCUT2D eigenvalue weighted by atomic mass is 16.6. The van der Waals surface area contributed by atoms with Gasteiger partial charge in [-0.15, -0.1) is 0 Å². The molecule has 0 aromatic carbocycles. The first-order valence-electron chi connectivity index (χ1n) is 4.50. The first-order valence-corrected chi connectivity index (χ1v) is 4.50. The van der Waals surface area contributed by atoms with Crippen molar-refractivity contribution in [2.75, 3.05) is 0 Å². The second kappa shape index (κ2) is 3.34. The fourth-order valence-electron chi connectivity index (χ4n) is 1.55. The Morgan fingerprint density at radius 3 is 2.80 bits per heavy atom. The Morgan fingerprint density at radius 1 is 1.53 bits per heavy atom. The molecule has 1 fully saturated rings. The molecule has 1 aromatic rings. The molecule has 0 radical (unpaired) electrons. The number of nitrogens with zero attached hydrogens (tertiary/aromatic N) is 1. The number of carboxylic acid groups (broad SMARTS) is 1. The predicted octanol–water partition coefficient (Wildman–Crippen LogP) is 0.809. The maximum Gasteiger partial charge on any atom is 0.354 e. The van der Waals surface area contributed by atoms with Crippen molar-refractivity contribution in [2.24, 2.45) is 0 Å². The van der Waals surface area contributed by atoms with E-state index >= 15 is 0 Å². The van der Waals surface area contributed by atoms with Crippen LogP contribution < -0.4 is 0 Å². The summed E-state index contributed by atoms with van der Waals surface area (Å²) in [5, 5.41) is 8.73. The summed E-state index contributed by atoms with van der Waals surface area (Å²) < 4.78 is 4.78. The van der Waals surface area contributed by atoms with E-state index in [1.165, 1.54) is 6.07 Å². The van der Waals surface area contributed by atoms with E-state index in [4.69, 9.17) is 9.84 Å². The second-order valence-corrected chi connectivity index (χ2v) is 3.37. The molecule has 2 atom stereocenters. The molecule has 2 heterocycles. The van der Waals surface area contributed by atoms with Crippen LogP contribution in [0.4, 0.5) is 0 Å². The molecule has 1 saturated heterocycles. The molecule has 0 spiro atoms. The maximum absolute atomic E-state index is 11.1. The molecule has 5 heteroatoms. The molecule has 78 valence electrons. The van der Waals surface area contributed by atoms with Gasteiger partial charge < -0.3 is 9.84 Å². The minimum absolute atomic E-state index is 0.0561. The third kappa shape index (κ3) is 1.56. The second-order valence-electron chi connectivity index (χ2n) is 3.37. The molecular formula is C10H9NO4. The highest BCUT2D eigenvalue weighted by Crippen LogP contribution is 2.31. The molecular weight excluding hydrogens is 198 g/mol. The van der Waals surface area contributed by atoms with Gasteiger partial charge in [-0.2, -0.15) is 0 Å². The topological polar surface area (TPSA) is 76.5 Å². The van der Waals surface area contributed by atoms with E-state index in [1.54, 1.807) is 19.1 Å². The monoisotopic (exact) mass is 207 g/mol. The van der Waals surface area contributed by atoms with Crippen LogP contribution in [0.2, 0.25) is 0 Å². The van der Waals surface area contributed by atoms with Crippen molar-refractivity contribution in [1.29, 1.82) is 0 Å². The maximum atomic E-state index is 11.1. The number of pyridine rings is 1. The minimum atomic E-state index is -1.10. The van der Waals surface area contributed by atoms with Crippen molar-refractivity contribution < 1.29 is 19.4 Å². The van der Waals surface area contributed by atoms with Gasteiger partial charge in [-0.1, -0.05) is 6.07 Å². The highest BCUT2D eigenvalue weighted by molar-refractivity contribution is 5.86. The van der Waals surface area contributed by atoms with Gasteiger partial charge in [0.15, 0.2) is 0 Å². The minimum Gasteiger partial charge on any atom is -0.477 e. The zero-order chi connectivity index (χ0) is 11.0. The number of rotatable bonds is 2. The molecule has 1 aliphatic rings. The standard InChI is InChI=1S/C10H9NO4/c1-5-8(10(14)15-5)6-3-2-4-7(11-6)9(12)13/h2-5,8H,1H3,(H,12,13)/t5-,8-/m1/s1. The van der Waals surface area contributed by atoms with Crippen LogP contribution in [-0.2, 0) is 9.53 Å². The quantitative estimate of drug-likeness (QED) is 0.726. The van der Waals surface area contributed by atoms with Crippen molar-refractivity contribution >= 4 is 11.9 Å². The van der Waals surface area contributed by atoms with Crippen LogP contribution in [0, 0.1) is 0 Å². The van der Waals surface area contributed by atoms with Gasteiger partial charge in [0, 0.05) is 0 Å². The van der Waals surface area contributed by atoms with E-state index in [-0.39, 0.29) is 17.8 Å². The fraction of sp³-hybridized carbons (Fsp3) is 0.300. The van der Waals surface area contributed by atoms with Crippen LogP contribution in [-0.4, -0.2) is 28.1 Å². The van der Waals surface area contributed by atoms with Crippen LogP contribution in [0.25, 0.3) is 0 Å². The number of aromatic nitrogens is 1.